The fraction of sp³-hybridized carbons (Fsp3) is 0.556. The summed E-state index contributed by atoms with van der Waals surface area (Å²) in [6, 6.07) is 5.00. The van der Waals surface area contributed by atoms with Crippen molar-refractivity contribution >= 4 is 0 Å². The van der Waals surface area contributed by atoms with Gasteiger partial charge in [0.15, 0.2) is 0 Å². The van der Waals surface area contributed by atoms with Crippen molar-refractivity contribution in [3.8, 4) is 5.75 Å². The van der Waals surface area contributed by atoms with Crippen molar-refractivity contribution in [3.63, 3.8) is 0 Å². The summed E-state index contributed by atoms with van der Waals surface area (Å²) in [4.78, 5) is 2.50. The number of hydrogen-bond acceptors (Lipinski definition) is 3. The molecule has 1 aromatic rings. The maximum Gasteiger partial charge on any atom is 0.138 e. The highest BCUT2D eigenvalue weighted by Gasteiger charge is 2.63. The molecule has 2 heterocycles. The van der Waals surface area contributed by atoms with Crippen molar-refractivity contribution in [2.24, 2.45) is 5.92 Å². The summed E-state index contributed by atoms with van der Waals surface area (Å²) in [6.07, 6.45) is 5.83. The molecule has 2 aliphatic carbocycles. The number of aliphatic hydroxyl groups is 1. The van der Waals surface area contributed by atoms with Crippen LogP contribution in [-0.4, -0.2) is 41.8 Å². The molecule has 2 unspecified atom stereocenters. The van der Waals surface area contributed by atoms with Crippen molar-refractivity contribution < 1.29 is 9.84 Å². The summed E-state index contributed by atoms with van der Waals surface area (Å²) < 4.78 is 6.34. The summed E-state index contributed by atoms with van der Waals surface area (Å²) in [5.74, 6) is 1.54. The van der Waals surface area contributed by atoms with E-state index < -0.39 is 6.10 Å². The Bertz CT molecular complexity index is 667. The molecule has 1 aromatic carbocycles. The Morgan fingerprint density at radius 3 is 3.05 bits per heavy atom. The van der Waals surface area contributed by atoms with Crippen LogP contribution in [0.3, 0.4) is 0 Å². The van der Waals surface area contributed by atoms with E-state index in [0.717, 1.165) is 25.1 Å². The number of likely N-dealkylation sites (tertiary alicyclic amines) is 1. The highest BCUT2D eigenvalue weighted by atomic mass is 16.5. The fourth-order valence-electron chi connectivity index (χ4n) is 5.39. The zero-order valence-corrected chi connectivity index (χ0v) is 12.5. The van der Waals surface area contributed by atoms with E-state index in [1.165, 1.54) is 16.7 Å². The average molecular weight is 283 g/mol. The van der Waals surface area contributed by atoms with Crippen LogP contribution < -0.4 is 4.74 Å². The van der Waals surface area contributed by atoms with Gasteiger partial charge in [0, 0.05) is 22.9 Å². The Morgan fingerprint density at radius 2 is 2.19 bits per heavy atom. The van der Waals surface area contributed by atoms with E-state index in [0.29, 0.717) is 12.0 Å². The number of hydrogen-bond donors (Lipinski definition) is 1. The predicted octanol–water partition coefficient (Wildman–Crippen LogP) is 1.80. The molecule has 1 N–H and O–H groups in total. The Kier molecular flexibility index (Phi) is 2.16. The molecule has 3 nitrogen and oxygen atoms in total. The van der Waals surface area contributed by atoms with Crippen LogP contribution in [0.2, 0.25) is 0 Å². The largest absolute Gasteiger partial charge is 0.486 e. The van der Waals surface area contributed by atoms with Crippen molar-refractivity contribution in [2.45, 2.75) is 43.4 Å². The van der Waals surface area contributed by atoms with E-state index in [4.69, 9.17) is 4.74 Å². The van der Waals surface area contributed by atoms with E-state index >= 15 is 0 Å². The Hall–Kier alpha value is -1.32. The van der Waals surface area contributed by atoms with E-state index in [1.54, 1.807) is 0 Å². The molecule has 5 atom stereocenters. The average Bonchev–Trinajstić information content (AvgIpc) is 2.83. The second-order valence-electron chi connectivity index (χ2n) is 7.23. The minimum atomic E-state index is -0.483. The summed E-state index contributed by atoms with van der Waals surface area (Å²) in [5, 5.41) is 10.5. The fourth-order valence-corrected chi connectivity index (χ4v) is 5.39. The van der Waals surface area contributed by atoms with Crippen molar-refractivity contribution in [3.05, 3.63) is 41.0 Å². The number of benzene rings is 1. The van der Waals surface area contributed by atoms with Crippen LogP contribution in [0.1, 0.15) is 23.1 Å². The van der Waals surface area contributed by atoms with Gasteiger partial charge in [-0.3, -0.25) is 0 Å². The minimum Gasteiger partial charge on any atom is -0.486 e. The third-order valence-corrected chi connectivity index (χ3v) is 6.37. The zero-order chi connectivity index (χ0) is 14.4. The minimum absolute atomic E-state index is 0.000278. The van der Waals surface area contributed by atoms with E-state index in [9.17, 15) is 5.11 Å². The molecule has 21 heavy (non-hydrogen) atoms. The van der Waals surface area contributed by atoms with Crippen LogP contribution in [0.5, 0.6) is 5.75 Å². The van der Waals surface area contributed by atoms with Crippen LogP contribution in [-0.2, 0) is 11.8 Å². The molecule has 1 spiro atoms. The lowest BCUT2D eigenvalue weighted by Crippen LogP contribution is -2.64. The van der Waals surface area contributed by atoms with Gasteiger partial charge < -0.3 is 14.7 Å². The van der Waals surface area contributed by atoms with Crippen LogP contribution >= 0.6 is 0 Å². The molecule has 1 fully saturated rings. The molecule has 0 aromatic heterocycles. The van der Waals surface area contributed by atoms with Gasteiger partial charge in [0.25, 0.3) is 0 Å². The number of likely N-dealkylation sites (N-methyl/N-ethyl adjacent to an activating group) is 1. The number of aryl methyl sites for hydroxylation is 1. The normalized spacial score (nSPS) is 42.6. The van der Waals surface area contributed by atoms with Crippen molar-refractivity contribution in [1.82, 2.24) is 4.90 Å². The number of aliphatic hydroxyl groups excluding tert-OH is 1. The van der Waals surface area contributed by atoms with E-state index in [1.807, 2.05) is 6.08 Å². The molecule has 110 valence electrons. The van der Waals surface area contributed by atoms with Gasteiger partial charge in [-0.25, -0.2) is 0 Å². The van der Waals surface area contributed by atoms with E-state index in [2.05, 4.69) is 37.1 Å². The van der Waals surface area contributed by atoms with Gasteiger partial charge in [0.05, 0.1) is 0 Å². The quantitative estimate of drug-likeness (QED) is 0.737. The van der Waals surface area contributed by atoms with Gasteiger partial charge in [-0.15, -0.1) is 0 Å². The van der Waals surface area contributed by atoms with Crippen LogP contribution in [0.25, 0.3) is 0 Å². The highest BCUT2D eigenvalue weighted by Crippen LogP contribution is 2.61. The third kappa shape index (κ3) is 1.24. The number of rotatable bonds is 0. The topological polar surface area (TPSA) is 32.7 Å². The smallest absolute Gasteiger partial charge is 0.138 e. The summed E-state index contributed by atoms with van der Waals surface area (Å²) in [7, 11) is 2.24. The van der Waals surface area contributed by atoms with Gasteiger partial charge >= 0.3 is 0 Å². The predicted molar refractivity (Wildman–Crippen MR) is 80.6 cm³/mol. The molecule has 2 aliphatic heterocycles. The number of ether oxygens (including phenoxy) is 1. The first-order chi connectivity index (χ1) is 10.1. The van der Waals surface area contributed by atoms with Gasteiger partial charge in [-0.2, -0.15) is 0 Å². The molecule has 0 radical (unpaired) electrons. The first kappa shape index (κ1) is 12.2. The molecule has 0 amide bonds. The summed E-state index contributed by atoms with van der Waals surface area (Å²) in [5.41, 5.74) is 4.07. The first-order valence-corrected chi connectivity index (χ1v) is 7.99. The molecule has 5 rings (SSSR count). The molecule has 0 saturated carbocycles. The first-order valence-electron chi connectivity index (χ1n) is 7.99. The van der Waals surface area contributed by atoms with Gasteiger partial charge in [0.1, 0.15) is 18.0 Å². The molecule has 1 saturated heterocycles. The third-order valence-electron chi connectivity index (χ3n) is 6.37. The Morgan fingerprint density at radius 1 is 1.33 bits per heavy atom. The van der Waals surface area contributed by atoms with Crippen molar-refractivity contribution in [2.75, 3.05) is 13.6 Å². The maximum atomic E-state index is 10.5. The maximum absolute atomic E-state index is 10.5. The van der Waals surface area contributed by atoms with Crippen LogP contribution in [0.4, 0.5) is 0 Å². The zero-order valence-electron chi connectivity index (χ0n) is 12.5. The Balaban J connectivity index is 1.84. The Labute approximate surface area is 125 Å². The summed E-state index contributed by atoms with van der Waals surface area (Å²) in [6.45, 7) is 3.22. The molecule has 3 heteroatoms. The van der Waals surface area contributed by atoms with Gasteiger partial charge in [-0.05, 0) is 44.5 Å². The number of piperidine rings is 1. The van der Waals surface area contributed by atoms with Crippen LogP contribution in [0, 0.1) is 12.8 Å². The van der Waals surface area contributed by atoms with Crippen LogP contribution in [0.15, 0.2) is 24.3 Å². The summed E-state index contributed by atoms with van der Waals surface area (Å²) >= 11 is 0. The van der Waals surface area contributed by atoms with Gasteiger partial charge in [-0.1, -0.05) is 24.3 Å². The molecular formula is C18H21NO2. The lowest BCUT2D eigenvalue weighted by atomic mass is 9.53. The lowest BCUT2D eigenvalue weighted by molar-refractivity contribution is -0.0451. The monoisotopic (exact) mass is 283 g/mol. The SMILES string of the molecule is Cc1ccc2c3c1O[C@H]1[C@@H](O)C=CC4C(C2)N(C)CC[C@@]341. The van der Waals surface area contributed by atoms with Gasteiger partial charge in [0.2, 0.25) is 0 Å². The second kappa shape index (κ2) is 3.71. The highest BCUT2D eigenvalue weighted by molar-refractivity contribution is 5.59. The molecular weight excluding hydrogens is 262 g/mol. The second-order valence-corrected chi connectivity index (χ2v) is 7.23. The molecule has 2 bridgehead atoms. The lowest BCUT2D eigenvalue weighted by Gasteiger charge is -2.56. The van der Waals surface area contributed by atoms with Crippen molar-refractivity contribution in [1.29, 1.82) is 0 Å². The standard InChI is InChI=1S/C18H21NO2/c1-10-3-4-11-9-13-12-5-6-14(20)17-18(12,7-8-19(13)2)15(11)16(10)21-17/h3-6,12-14,17,20H,7-9H2,1-2H3/t12?,13?,14-,17-,18-/m0/s1. The van der Waals surface area contributed by atoms with E-state index in [-0.39, 0.29) is 11.5 Å². The number of nitrogens with zero attached hydrogens (tertiary/aromatic N) is 1. The molecule has 4 aliphatic rings.